The molecule has 0 N–H and O–H groups in total. The minimum atomic E-state index is -2.54. The molecule has 1 unspecified atom stereocenters. The SMILES string of the molecule is C=C(C(C)C=O)[PH](c1ccccc1)(c1ccccc1)c1ccccc1. The van der Waals surface area contributed by atoms with Gasteiger partial charge in [-0.1, -0.05) is 0 Å². The van der Waals surface area contributed by atoms with Crippen LogP contribution in [-0.2, 0) is 4.79 Å². The maximum atomic E-state index is 11.6. The van der Waals surface area contributed by atoms with Gasteiger partial charge in [-0.05, 0) is 0 Å². The molecule has 0 saturated heterocycles. The second kappa shape index (κ2) is 7.59. The summed E-state index contributed by atoms with van der Waals surface area (Å²) in [7, 11) is -2.54. The van der Waals surface area contributed by atoms with Gasteiger partial charge in [0.2, 0.25) is 0 Å². The van der Waals surface area contributed by atoms with Gasteiger partial charge in [-0.15, -0.1) is 0 Å². The Balaban J connectivity index is 2.40. The number of hydrogen-bond acceptors (Lipinski definition) is 1. The molecule has 0 aliphatic heterocycles. The van der Waals surface area contributed by atoms with Crippen LogP contribution in [0.25, 0.3) is 0 Å². The van der Waals surface area contributed by atoms with Crippen LogP contribution in [-0.4, -0.2) is 6.29 Å². The van der Waals surface area contributed by atoms with Crippen molar-refractivity contribution in [3.8, 4) is 0 Å². The molecule has 0 aromatic heterocycles. The van der Waals surface area contributed by atoms with Crippen molar-refractivity contribution in [2.24, 2.45) is 5.92 Å². The Bertz CT molecular complexity index is 744. The number of rotatable bonds is 6. The molecule has 0 amide bonds. The second-order valence-electron chi connectivity index (χ2n) is 6.30. The van der Waals surface area contributed by atoms with Gasteiger partial charge in [-0.25, -0.2) is 0 Å². The van der Waals surface area contributed by atoms with Crippen LogP contribution < -0.4 is 15.9 Å². The Morgan fingerprint density at radius 2 is 1.08 bits per heavy atom. The monoisotopic (exact) mass is 346 g/mol. The molecule has 0 aliphatic carbocycles. The van der Waals surface area contributed by atoms with Crippen molar-refractivity contribution in [2.75, 3.05) is 0 Å². The third kappa shape index (κ3) is 3.08. The van der Waals surface area contributed by atoms with E-state index in [1.165, 1.54) is 15.9 Å². The fraction of sp³-hybridized carbons (Fsp3) is 0.0870. The summed E-state index contributed by atoms with van der Waals surface area (Å²) in [4.78, 5) is 11.6. The van der Waals surface area contributed by atoms with Crippen molar-refractivity contribution in [1.29, 1.82) is 0 Å². The standard InChI is InChI=1S/C23H23OP/c1-19(18-24)20(2)25(21-12-6-3-7-13-21,22-14-8-4-9-15-22)23-16-10-5-11-17-23/h3-19,25H,2H2,1H3. The fourth-order valence-corrected chi connectivity index (χ4v) is 8.49. The first kappa shape index (κ1) is 17.3. The van der Waals surface area contributed by atoms with E-state index in [4.69, 9.17) is 0 Å². The molecule has 2 heteroatoms. The van der Waals surface area contributed by atoms with E-state index in [0.717, 1.165) is 11.6 Å². The molecule has 3 aromatic rings. The van der Waals surface area contributed by atoms with Gasteiger partial charge >= 0.3 is 150 Å². The summed E-state index contributed by atoms with van der Waals surface area (Å²) >= 11 is 0. The summed E-state index contributed by atoms with van der Waals surface area (Å²) in [5.74, 6) is -0.202. The Morgan fingerprint density at radius 1 is 0.760 bits per heavy atom. The average Bonchev–Trinajstić information content (AvgIpc) is 2.70. The summed E-state index contributed by atoms with van der Waals surface area (Å²) in [5, 5.41) is 4.79. The maximum absolute atomic E-state index is 11.6. The molecule has 1 atom stereocenters. The number of allylic oxidation sites excluding steroid dienone is 1. The first-order chi connectivity index (χ1) is 12.2. The van der Waals surface area contributed by atoms with Gasteiger partial charge in [0.1, 0.15) is 0 Å². The predicted molar refractivity (Wildman–Crippen MR) is 111 cm³/mol. The third-order valence-corrected chi connectivity index (χ3v) is 9.87. The Kier molecular flexibility index (Phi) is 5.26. The van der Waals surface area contributed by atoms with Crippen LogP contribution in [0.15, 0.2) is 103 Å². The Morgan fingerprint density at radius 3 is 1.36 bits per heavy atom. The van der Waals surface area contributed by atoms with E-state index in [2.05, 4.69) is 79.4 Å². The summed E-state index contributed by atoms with van der Waals surface area (Å²) < 4.78 is 0. The molecule has 1 nitrogen and oxygen atoms in total. The number of hydrogen-bond donors (Lipinski definition) is 0. The summed E-state index contributed by atoms with van der Waals surface area (Å²) in [6, 6.07) is 31.6. The van der Waals surface area contributed by atoms with Crippen molar-refractivity contribution in [3.05, 3.63) is 103 Å². The molecule has 0 heterocycles. The second-order valence-corrected chi connectivity index (χ2v) is 10.2. The van der Waals surface area contributed by atoms with Gasteiger partial charge in [-0.3, -0.25) is 0 Å². The number of benzene rings is 3. The number of aldehydes is 1. The zero-order valence-electron chi connectivity index (χ0n) is 14.4. The first-order valence-corrected chi connectivity index (χ1v) is 10.5. The van der Waals surface area contributed by atoms with Crippen LogP contribution in [0.5, 0.6) is 0 Å². The Hall–Kier alpha value is -2.50. The quantitative estimate of drug-likeness (QED) is 0.486. The van der Waals surface area contributed by atoms with Crippen molar-refractivity contribution in [2.45, 2.75) is 6.92 Å². The number of carbonyl (C=O) groups is 1. The zero-order valence-corrected chi connectivity index (χ0v) is 15.4. The molecule has 3 aromatic carbocycles. The normalized spacial score (nSPS) is 13.0. The van der Waals surface area contributed by atoms with Crippen LogP contribution in [0.3, 0.4) is 0 Å². The van der Waals surface area contributed by atoms with E-state index in [0.29, 0.717) is 0 Å². The van der Waals surface area contributed by atoms with Gasteiger partial charge in [0.15, 0.2) is 0 Å². The molecule has 0 aliphatic rings. The van der Waals surface area contributed by atoms with Gasteiger partial charge in [0, 0.05) is 0 Å². The van der Waals surface area contributed by atoms with Gasteiger partial charge in [-0.2, -0.15) is 0 Å². The molecule has 0 fully saturated rings. The molecule has 3 rings (SSSR count). The molecule has 25 heavy (non-hydrogen) atoms. The van der Waals surface area contributed by atoms with Crippen LogP contribution >= 0.6 is 7.26 Å². The van der Waals surface area contributed by atoms with Crippen LogP contribution in [0.2, 0.25) is 0 Å². The van der Waals surface area contributed by atoms with Crippen molar-refractivity contribution < 1.29 is 4.79 Å². The molecule has 0 radical (unpaired) electrons. The predicted octanol–water partition coefficient (Wildman–Crippen LogP) is 4.06. The van der Waals surface area contributed by atoms with Crippen LogP contribution in [0.4, 0.5) is 0 Å². The minimum absolute atomic E-state index is 0.202. The topological polar surface area (TPSA) is 17.1 Å². The molecule has 0 saturated carbocycles. The number of carbonyl (C=O) groups excluding carboxylic acids is 1. The molecule has 0 bridgehead atoms. The van der Waals surface area contributed by atoms with Crippen molar-refractivity contribution in [1.82, 2.24) is 0 Å². The van der Waals surface area contributed by atoms with Crippen molar-refractivity contribution >= 4 is 29.5 Å². The molecular formula is C23H23OP. The summed E-state index contributed by atoms with van der Waals surface area (Å²) in [5.41, 5.74) is 0. The van der Waals surface area contributed by atoms with Crippen LogP contribution in [0, 0.1) is 5.92 Å². The summed E-state index contributed by atoms with van der Waals surface area (Å²) in [6.45, 7) is 6.41. The summed E-state index contributed by atoms with van der Waals surface area (Å²) in [6.07, 6.45) is 1.01. The Labute approximate surface area is 150 Å². The van der Waals surface area contributed by atoms with Gasteiger partial charge in [0.05, 0.1) is 0 Å². The van der Waals surface area contributed by atoms with Crippen molar-refractivity contribution in [3.63, 3.8) is 0 Å². The first-order valence-electron chi connectivity index (χ1n) is 8.52. The van der Waals surface area contributed by atoms with Gasteiger partial charge in [0.25, 0.3) is 0 Å². The van der Waals surface area contributed by atoms with Gasteiger partial charge < -0.3 is 0 Å². The van der Waals surface area contributed by atoms with E-state index in [1.807, 2.05) is 25.1 Å². The van der Waals surface area contributed by atoms with Crippen LogP contribution in [0.1, 0.15) is 6.92 Å². The van der Waals surface area contributed by atoms with E-state index < -0.39 is 7.26 Å². The van der Waals surface area contributed by atoms with E-state index in [-0.39, 0.29) is 5.92 Å². The molecular weight excluding hydrogens is 323 g/mol. The van der Waals surface area contributed by atoms with E-state index >= 15 is 0 Å². The zero-order chi connectivity index (χ0) is 17.7. The molecule has 0 spiro atoms. The average molecular weight is 346 g/mol. The fourth-order valence-electron chi connectivity index (χ4n) is 3.54. The molecule has 126 valence electrons. The van der Waals surface area contributed by atoms with E-state index in [9.17, 15) is 4.79 Å². The van der Waals surface area contributed by atoms with E-state index in [1.54, 1.807) is 0 Å². The third-order valence-electron chi connectivity index (χ3n) is 4.86.